The summed E-state index contributed by atoms with van der Waals surface area (Å²) in [4.78, 5) is 7.85. The van der Waals surface area contributed by atoms with Crippen LogP contribution >= 0.6 is 35.7 Å². The molecule has 0 aromatic heterocycles. The molecule has 3 N–H and O–H groups in total. The van der Waals surface area contributed by atoms with Gasteiger partial charge in [-0.3, -0.25) is 0 Å². The van der Waals surface area contributed by atoms with Crippen molar-refractivity contribution in [1.29, 1.82) is 0 Å². The van der Waals surface area contributed by atoms with Gasteiger partial charge in [0.15, 0.2) is 5.96 Å². The van der Waals surface area contributed by atoms with Gasteiger partial charge in [0.2, 0.25) is 0 Å². The van der Waals surface area contributed by atoms with Crippen LogP contribution in [-0.4, -0.2) is 49.1 Å². The Morgan fingerprint density at radius 3 is 2.58 bits per heavy atom. The second-order valence-corrected chi connectivity index (χ2v) is 8.46. The van der Waals surface area contributed by atoms with Crippen molar-refractivity contribution in [2.24, 2.45) is 4.99 Å². The number of aliphatic hydroxyl groups is 1. The van der Waals surface area contributed by atoms with E-state index in [1.165, 1.54) is 4.90 Å². The van der Waals surface area contributed by atoms with Crippen molar-refractivity contribution in [2.45, 2.75) is 37.3 Å². The lowest BCUT2D eigenvalue weighted by Gasteiger charge is -2.31. The van der Waals surface area contributed by atoms with E-state index in [1.807, 2.05) is 42.2 Å². The highest BCUT2D eigenvalue weighted by Crippen LogP contribution is 2.24. The largest absolute Gasteiger partial charge is 0.393 e. The summed E-state index contributed by atoms with van der Waals surface area (Å²) >= 11 is 1.80. The third-order valence-electron chi connectivity index (χ3n) is 4.99. The first-order chi connectivity index (χ1) is 14.7. The van der Waals surface area contributed by atoms with E-state index in [9.17, 15) is 9.50 Å². The molecule has 1 heterocycles. The van der Waals surface area contributed by atoms with Gasteiger partial charge in [0.25, 0.3) is 0 Å². The monoisotopic (exact) mass is 558 g/mol. The molecule has 2 aromatic rings. The van der Waals surface area contributed by atoms with Gasteiger partial charge in [0.1, 0.15) is 5.82 Å². The number of rotatable bonds is 8. The Hall–Kier alpha value is -1.52. The average molecular weight is 559 g/mol. The fourth-order valence-electron chi connectivity index (χ4n) is 3.38. The van der Waals surface area contributed by atoms with E-state index in [2.05, 4.69) is 27.8 Å². The van der Waals surface area contributed by atoms with Crippen molar-refractivity contribution in [3.05, 3.63) is 59.9 Å². The third kappa shape index (κ3) is 8.50. The number of aliphatic imine (C=N–C) groups is 1. The first-order valence-corrected chi connectivity index (χ1v) is 11.6. The number of nitrogens with one attached hydrogen (secondary N) is 2. The van der Waals surface area contributed by atoms with Crippen LogP contribution in [0.1, 0.15) is 25.3 Å². The maximum absolute atomic E-state index is 14.6. The number of benzene rings is 2. The normalized spacial score (nSPS) is 14.8. The number of hydrogen-bond donors (Lipinski definition) is 3. The van der Waals surface area contributed by atoms with Crippen LogP contribution in [0.2, 0.25) is 0 Å². The fourth-order valence-corrected chi connectivity index (χ4v) is 4.17. The standard InChI is InChI=1S/C23H31FN4OS.HI/c1-2-25-23(26-12-15-30-20-6-4-3-5-7-20)27-17-18-8-9-22(21(24)16-18)28-13-10-19(29)11-14-28;/h3-9,16,19,29H,2,10-15,17H2,1H3,(H2,25,26,27);1H. The zero-order chi connectivity index (χ0) is 21.2. The van der Waals surface area contributed by atoms with Crippen molar-refractivity contribution in [3.8, 4) is 0 Å². The van der Waals surface area contributed by atoms with Crippen LogP contribution < -0.4 is 15.5 Å². The van der Waals surface area contributed by atoms with Crippen molar-refractivity contribution >= 4 is 47.4 Å². The smallest absolute Gasteiger partial charge is 0.191 e. The van der Waals surface area contributed by atoms with Gasteiger partial charge in [0, 0.05) is 36.8 Å². The van der Waals surface area contributed by atoms with E-state index in [-0.39, 0.29) is 35.9 Å². The molecule has 3 rings (SSSR count). The summed E-state index contributed by atoms with van der Waals surface area (Å²) < 4.78 is 14.6. The first kappa shape index (κ1) is 25.7. The Morgan fingerprint density at radius 2 is 1.90 bits per heavy atom. The number of halogens is 2. The van der Waals surface area contributed by atoms with Crippen molar-refractivity contribution in [3.63, 3.8) is 0 Å². The second-order valence-electron chi connectivity index (χ2n) is 7.29. The topological polar surface area (TPSA) is 59.9 Å². The maximum Gasteiger partial charge on any atom is 0.191 e. The third-order valence-corrected chi connectivity index (χ3v) is 6.00. The molecule has 2 aromatic carbocycles. The zero-order valence-electron chi connectivity index (χ0n) is 17.9. The molecule has 1 saturated heterocycles. The maximum atomic E-state index is 14.6. The van der Waals surface area contributed by atoms with Gasteiger partial charge in [0.05, 0.1) is 18.3 Å². The average Bonchev–Trinajstić information content (AvgIpc) is 2.76. The molecule has 0 aliphatic carbocycles. The number of piperidine rings is 1. The molecule has 0 atom stereocenters. The van der Waals surface area contributed by atoms with E-state index in [0.717, 1.165) is 30.4 Å². The molecule has 0 bridgehead atoms. The van der Waals surface area contributed by atoms with E-state index in [4.69, 9.17) is 0 Å². The van der Waals surface area contributed by atoms with Crippen molar-refractivity contribution < 1.29 is 9.50 Å². The molecule has 0 unspecified atom stereocenters. The lowest BCUT2D eigenvalue weighted by molar-refractivity contribution is 0.145. The van der Waals surface area contributed by atoms with E-state index in [0.29, 0.717) is 38.2 Å². The molecule has 0 radical (unpaired) electrons. The molecular formula is C23H32FIN4OS. The summed E-state index contributed by atoms with van der Waals surface area (Å²) in [5.74, 6) is 1.44. The molecule has 0 amide bonds. The predicted molar refractivity (Wildman–Crippen MR) is 139 cm³/mol. The molecule has 1 fully saturated rings. The quantitative estimate of drug-likeness (QED) is 0.149. The van der Waals surface area contributed by atoms with Crippen LogP contribution in [0.3, 0.4) is 0 Å². The van der Waals surface area contributed by atoms with Crippen LogP contribution in [0.25, 0.3) is 0 Å². The molecular weight excluding hydrogens is 526 g/mol. The van der Waals surface area contributed by atoms with Gasteiger partial charge >= 0.3 is 0 Å². The summed E-state index contributed by atoms with van der Waals surface area (Å²) in [5.41, 5.74) is 1.45. The second kappa shape index (κ2) is 13.8. The lowest BCUT2D eigenvalue weighted by atomic mass is 10.1. The Kier molecular flexibility index (Phi) is 11.5. The molecule has 1 aliphatic heterocycles. The first-order valence-electron chi connectivity index (χ1n) is 10.6. The number of nitrogens with zero attached hydrogens (tertiary/aromatic N) is 2. The predicted octanol–water partition coefficient (Wildman–Crippen LogP) is 4.25. The van der Waals surface area contributed by atoms with Gasteiger partial charge < -0.3 is 20.6 Å². The highest BCUT2D eigenvalue weighted by molar-refractivity contribution is 14.0. The Balaban J connectivity index is 0.00000341. The fraction of sp³-hybridized carbons (Fsp3) is 0.435. The van der Waals surface area contributed by atoms with E-state index < -0.39 is 0 Å². The molecule has 5 nitrogen and oxygen atoms in total. The Labute approximate surface area is 205 Å². The van der Waals surface area contributed by atoms with Gasteiger partial charge in [-0.2, -0.15) is 0 Å². The number of hydrogen-bond acceptors (Lipinski definition) is 4. The SMILES string of the molecule is CCNC(=NCc1ccc(N2CCC(O)CC2)c(F)c1)NCCSc1ccccc1.I. The summed E-state index contributed by atoms with van der Waals surface area (Å²) in [6, 6.07) is 15.6. The van der Waals surface area contributed by atoms with Gasteiger partial charge in [-0.05, 0) is 49.6 Å². The minimum atomic E-state index is -0.263. The summed E-state index contributed by atoms with van der Waals surface area (Å²) in [6.45, 7) is 5.37. The van der Waals surface area contributed by atoms with Crippen molar-refractivity contribution in [2.75, 3.05) is 36.8 Å². The lowest BCUT2D eigenvalue weighted by Crippen LogP contribution is -2.38. The highest BCUT2D eigenvalue weighted by atomic mass is 127. The van der Waals surface area contributed by atoms with Crippen LogP contribution in [0.4, 0.5) is 10.1 Å². The Bertz CT molecular complexity index is 816. The van der Waals surface area contributed by atoms with Gasteiger partial charge in [-0.15, -0.1) is 35.7 Å². The van der Waals surface area contributed by atoms with Crippen LogP contribution in [0.15, 0.2) is 58.4 Å². The summed E-state index contributed by atoms with van der Waals surface area (Å²) in [7, 11) is 0. The van der Waals surface area contributed by atoms with Crippen LogP contribution in [0.5, 0.6) is 0 Å². The van der Waals surface area contributed by atoms with Crippen molar-refractivity contribution in [1.82, 2.24) is 10.6 Å². The molecule has 0 saturated carbocycles. The summed E-state index contributed by atoms with van der Waals surface area (Å²) in [6.07, 6.45) is 1.11. The highest BCUT2D eigenvalue weighted by Gasteiger charge is 2.19. The van der Waals surface area contributed by atoms with Gasteiger partial charge in [-0.1, -0.05) is 24.3 Å². The molecule has 8 heteroatoms. The number of thioether (sulfide) groups is 1. The molecule has 1 aliphatic rings. The molecule has 31 heavy (non-hydrogen) atoms. The zero-order valence-corrected chi connectivity index (χ0v) is 21.0. The minimum Gasteiger partial charge on any atom is -0.393 e. The number of aliphatic hydroxyl groups excluding tert-OH is 1. The van der Waals surface area contributed by atoms with Crippen LogP contribution in [0, 0.1) is 5.82 Å². The van der Waals surface area contributed by atoms with Gasteiger partial charge in [-0.25, -0.2) is 9.38 Å². The minimum absolute atomic E-state index is 0. The van der Waals surface area contributed by atoms with E-state index in [1.54, 1.807) is 17.8 Å². The van der Waals surface area contributed by atoms with E-state index >= 15 is 0 Å². The Morgan fingerprint density at radius 1 is 1.16 bits per heavy atom. The molecule has 170 valence electrons. The molecule has 0 spiro atoms. The number of guanidine groups is 1. The summed E-state index contributed by atoms with van der Waals surface area (Å²) in [5, 5.41) is 16.2. The number of anilines is 1. The van der Waals surface area contributed by atoms with Crippen LogP contribution in [-0.2, 0) is 6.54 Å².